The summed E-state index contributed by atoms with van der Waals surface area (Å²) < 4.78 is 0. The highest BCUT2D eigenvalue weighted by molar-refractivity contribution is 5.88. The van der Waals surface area contributed by atoms with E-state index in [-0.39, 0.29) is 23.7 Å². The standard InChI is InChI=1S/C22H34N2O2/c1-15(2)18-10-12-19(13-11-18)21(25)24-20(16(3)4)22(26)23-14-17-8-6-5-7-9-17/h5-9,15-16,18-20H,10-14H2,1-4H3,(H,23,26)(H,24,25)/t18?,19?,20-/m1/s1. The molecular weight excluding hydrogens is 324 g/mol. The summed E-state index contributed by atoms with van der Waals surface area (Å²) in [5.41, 5.74) is 1.06. The van der Waals surface area contributed by atoms with Gasteiger partial charge in [0.25, 0.3) is 0 Å². The SMILES string of the molecule is CC(C)C1CCC(C(=O)N[C@@H](C(=O)NCc2ccccc2)C(C)C)CC1. The molecule has 0 aliphatic heterocycles. The van der Waals surface area contributed by atoms with Gasteiger partial charge in [0.15, 0.2) is 0 Å². The fourth-order valence-electron chi connectivity index (χ4n) is 3.75. The maximum atomic E-state index is 12.7. The largest absolute Gasteiger partial charge is 0.350 e. The number of carbonyl (C=O) groups excluding carboxylic acids is 2. The number of carbonyl (C=O) groups is 2. The first-order chi connectivity index (χ1) is 12.4. The van der Waals surface area contributed by atoms with E-state index < -0.39 is 6.04 Å². The maximum Gasteiger partial charge on any atom is 0.243 e. The van der Waals surface area contributed by atoms with Crippen LogP contribution in [0.1, 0.15) is 58.9 Å². The Morgan fingerprint density at radius 2 is 1.62 bits per heavy atom. The molecule has 1 aliphatic rings. The minimum absolute atomic E-state index is 0.0424. The molecule has 0 bridgehead atoms. The predicted molar refractivity (Wildman–Crippen MR) is 105 cm³/mol. The minimum atomic E-state index is -0.478. The monoisotopic (exact) mass is 358 g/mol. The van der Waals surface area contributed by atoms with Gasteiger partial charge in [0.1, 0.15) is 6.04 Å². The predicted octanol–water partition coefficient (Wildman–Crippen LogP) is 3.91. The van der Waals surface area contributed by atoms with Crippen LogP contribution < -0.4 is 10.6 Å². The highest BCUT2D eigenvalue weighted by Gasteiger charge is 2.31. The number of hydrogen-bond donors (Lipinski definition) is 2. The van der Waals surface area contributed by atoms with E-state index in [1.807, 2.05) is 44.2 Å². The van der Waals surface area contributed by atoms with Crippen molar-refractivity contribution >= 4 is 11.8 Å². The van der Waals surface area contributed by atoms with Crippen LogP contribution in [0.5, 0.6) is 0 Å². The molecule has 2 N–H and O–H groups in total. The van der Waals surface area contributed by atoms with E-state index in [9.17, 15) is 9.59 Å². The fraction of sp³-hybridized carbons (Fsp3) is 0.636. The van der Waals surface area contributed by atoms with Crippen LogP contribution in [0.4, 0.5) is 0 Å². The van der Waals surface area contributed by atoms with Crippen molar-refractivity contribution in [2.24, 2.45) is 23.7 Å². The zero-order valence-corrected chi connectivity index (χ0v) is 16.6. The van der Waals surface area contributed by atoms with Crippen molar-refractivity contribution in [2.45, 2.75) is 66.0 Å². The van der Waals surface area contributed by atoms with Gasteiger partial charge >= 0.3 is 0 Å². The Hall–Kier alpha value is -1.84. The van der Waals surface area contributed by atoms with Crippen LogP contribution in [0.25, 0.3) is 0 Å². The van der Waals surface area contributed by atoms with Gasteiger partial charge in [-0.1, -0.05) is 58.0 Å². The molecule has 0 heterocycles. The van der Waals surface area contributed by atoms with E-state index in [1.54, 1.807) is 0 Å². The van der Waals surface area contributed by atoms with E-state index in [4.69, 9.17) is 0 Å². The third-order valence-corrected chi connectivity index (χ3v) is 5.64. The van der Waals surface area contributed by atoms with Crippen molar-refractivity contribution in [3.05, 3.63) is 35.9 Å². The van der Waals surface area contributed by atoms with Crippen LogP contribution >= 0.6 is 0 Å². The Morgan fingerprint density at radius 3 is 2.15 bits per heavy atom. The maximum absolute atomic E-state index is 12.7. The molecule has 4 heteroatoms. The van der Waals surface area contributed by atoms with Gasteiger partial charge < -0.3 is 10.6 Å². The second kappa shape index (κ2) is 9.75. The van der Waals surface area contributed by atoms with Crippen LogP contribution in [0.15, 0.2) is 30.3 Å². The van der Waals surface area contributed by atoms with Gasteiger partial charge in [0, 0.05) is 12.5 Å². The van der Waals surface area contributed by atoms with Crippen molar-refractivity contribution in [3.63, 3.8) is 0 Å². The number of hydrogen-bond acceptors (Lipinski definition) is 2. The molecule has 26 heavy (non-hydrogen) atoms. The van der Waals surface area contributed by atoms with Crippen LogP contribution in [-0.4, -0.2) is 17.9 Å². The van der Waals surface area contributed by atoms with Gasteiger partial charge in [-0.15, -0.1) is 0 Å². The topological polar surface area (TPSA) is 58.2 Å². The second-order valence-electron chi connectivity index (χ2n) is 8.29. The van der Waals surface area contributed by atoms with E-state index in [0.29, 0.717) is 12.5 Å². The number of amides is 2. The van der Waals surface area contributed by atoms with Crippen LogP contribution in [-0.2, 0) is 16.1 Å². The third kappa shape index (κ3) is 5.86. The van der Waals surface area contributed by atoms with Crippen molar-refractivity contribution in [3.8, 4) is 0 Å². The van der Waals surface area contributed by atoms with Gasteiger partial charge in [-0.05, 0) is 49.0 Å². The molecule has 0 spiro atoms. The zero-order valence-electron chi connectivity index (χ0n) is 16.6. The molecule has 4 nitrogen and oxygen atoms in total. The average Bonchev–Trinajstić information content (AvgIpc) is 2.64. The summed E-state index contributed by atoms with van der Waals surface area (Å²) in [6.07, 6.45) is 4.10. The van der Waals surface area contributed by atoms with Gasteiger partial charge in [0.2, 0.25) is 11.8 Å². The fourth-order valence-corrected chi connectivity index (χ4v) is 3.75. The quantitative estimate of drug-likeness (QED) is 0.776. The lowest BCUT2D eigenvalue weighted by Crippen LogP contribution is -2.51. The smallest absolute Gasteiger partial charge is 0.243 e. The Kier molecular flexibility index (Phi) is 7.67. The second-order valence-corrected chi connectivity index (χ2v) is 8.29. The summed E-state index contributed by atoms with van der Waals surface area (Å²) in [6.45, 7) is 8.96. The lowest BCUT2D eigenvalue weighted by Gasteiger charge is -2.31. The van der Waals surface area contributed by atoms with Crippen molar-refractivity contribution in [1.82, 2.24) is 10.6 Å². The Balaban J connectivity index is 1.86. The minimum Gasteiger partial charge on any atom is -0.350 e. The molecule has 1 aromatic carbocycles. The number of benzene rings is 1. The summed E-state index contributed by atoms with van der Waals surface area (Å²) in [7, 11) is 0. The first kappa shape index (κ1) is 20.5. The van der Waals surface area contributed by atoms with E-state index >= 15 is 0 Å². The molecule has 1 aromatic rings. The third-order valence-electron chi connectivity index (χ3n) is 5.64. The molecule has 2 rings (SSSR count). The lowest BCUT2D eigenvalue weighted by atomic mass is 9.76. The average molecular weight is 359 g/mol. The van der Waals surface area contributed by atoms with E-state index in [1.165, 1.54) is 0 Å². The molecule has 144 valence electrons. The molecule has 1 aliphatic carbocycles. The molecule has 0 radical (unpaired) electrons. The molecule has 0 saturated heterocycles. The molecule has 1 fully saturated rings. The molecule has 0 unspecified atom stereocenters. The van der Waals surface area contributed by atoms with Crippen LogP contribution in [0.2, 0.25) is 0 Å². The Morgan fingerprint density at radius 1 is 1.00 bits per heavy atom. The first-order valence-electron chi connectivity index (χ1n) is 10.0. The highest BCUT2D eigenvalue weighted by Crippen LogP contribution is 2.33. The summed E-state index contributed by atoms with van der Waals surface area (Å²) in [5.74, 6) is 1.46. The number of nitrogens with one attached hydrogen (secondary N) is 2. The van der Waals surface area contributed by atoms with Gasteiger partial charge in [-0.25, -0.2) is 0 Å². The normalized spacial score (nSPS) is 21.5. The lowest BCUT2D eigenvalue weighted by molar-refractivity contribution is -0.133. The summed E-state index contributed by atoms with van der Waals surface area (Å²) in [6, 6.07) is 9.35. The highest BCUT2D eigenvalue weighted by atomic mass is 16.2. The van der Waals surface area contributed by atoms with Gasteiger partial charge in [-0.2, -0.15) is 0 Å². The van der Waals surface area contributed by atoms with Gasteiger partial charge in [0.05, 0.1) is 0 Å². The van der Waals surface area contributed by atoms with Crippen molar-refractivity contribution in [2.75, 3.05) is 0 Å². The van der Waals surface area contributed by atoms with E-state index in [0.717, 1.165) is 37.2 Å². The molecular formula is C22H34N2O2. The summed E-state index contributed by atoms with van der Waals surface area (Å²) >= 11 is 0. The van der Waals surface area contributed by atoms with E-state index in [2.05, 4.69) is 24.5 Å². The Bertz CT molecular complexity index is 575. The summed E-state index contributed by atoms with van der Waals surface area (Å²) in [5, 5.41) is 5.97. The molecule has 0 aromatic heterocycles. The van der Waals surface area contributed by atoms with Crippen molar-refractivity contribution in [1.29, 1.82) is 0 Å². The van der Waals surface area contributed by atoms with Crippen LogP contribution in [0.3, 0.4) is 0 Å². The van der Waals surface area contributed by atoms with Gasteiger partial charge in [-0.3, -0.25) is 9.59 Å². The summed E-state index contributed by atoms with van der Waals surface area (Å²) in [4.78, 5) is 25.3. The molecule has 1 atom stereocenters. The first-order valence-corrected chi connectivity index (χ1v) is 10.0. The zero-order chi connectivity index (χ0) is 19.1. The van der Waals surface area contributed by atoms with Crippen LogP contribution in [0, 0.1) is 23.7 Å². The Labute approximate surface area is 158 Å². The number of rotatable bonds is 7. The van der Waals surface area contributed by atoms with Crippen molar-refractivity contribution < 1.29 is 9.59 Å². The molecule has 2 amide bonds. The molecule has 1 saturated carbocycles.